The molecule has 0 amide bonds. The van der Waals surface area contributed by atoms with Crippen LogP contribution in [0.4, 0.5) is 10.2 Å². The second-order valence-electron chi connectivity index (χ2n) is 5.63. The minimum Gasteiger partial charge on any atom is -0.494 e. The number of anilines is 1. The van der Waals surface area contributed by atoms with Gasteiger partial charge in [0.15, 0.2) is 17.4 Å². The maximum absolute atomic E-state index is 14.3. The maximum Gasteiger partial charge on any atom is 0.169 e. The first-order chi connectivity index (χ1) is 11.3. The average Bonchev–Trinajstić information content (AvgIpc) is 2.83. The van der Waals surface area contributed by atoms with Gasteiger partial charge in [0.25, 0.3) is 0 Å². The van der Waals surface area contributed by atoms with E-state index in [4.69, 9.17) is 4.74 Å². The fourth-order valence-corrected chi connectivity index (χ4v) is 2.90. The Bertz CT molecular complexity index is 638. The predicted octanol–water partition coefficient (Wildman–Crippen LogP) is 2.34. The van der Waals surface area contributed by atoms with Crippen LogP contribution in [0.3, 0.4) is 0 Å². The van der Waals surface area contributed by atoms with Crippen LogP contribution in [0.25, 0.3) is 0 Å². The molecule has 5 nitrogen and oxygen atoms in total. The molecule has 0 N–H and O–H groups in total. The summed E-state index contributed by atoms with van der Waals surface area (Å²) >= 11 is 0. The van der Waals surface area contributed by atoms with E-state index in [-0.39, 0.29) is 5.82 Å². The molecule has 23 heavy (non-hydrogen) atoms. The Morgan fingerprint density at radius 2 is 2.04 bits per heavy atom. The third-order valence-corrected chi connectivity index (χ3v) is 4.13. The molecule has 1 aromatic heterocycles. The molecule has 1 saturated heterocycles. The van der Waals surface area contributed by atoms with E-state index in [1.165, 1.54) is 7.11 Å². The molecule has 2 heterocycles. The van der Waals surface area contributed by atoms with Gasteiger partial charge in [-0.2, -0.15) is 5.10 Å². The number of hydrogen-bond donors (Lipinski definition) is 0. The monoisotopic (exact) mass is 316 g/mol. The molecule has 0 bridgehead atoms. The maximum atomic E-state index is 14.3. The van der Waals surface area contributed by atoms with E-state index in [0.717, 1.165) is 38.4 Å². The van der Waals surface area contributed by atoms with Crippen LogP contribution in [0, 0.1) is 5.82 Å². The average molecular weight is 316 g/mol. The first-order valence-corrected chi connectivity index (χ1v) is 7.84. The molecule has 3 rings (SSSR count). The predicted molar refractivity (Wildman–Crippen MR) is 87.1 cm³/mol. The summed E-state index contributed by atoms with van der Waals surface area (Å²) in [6.45, 7) is 4.21. The normalized spacial score (nSPS) is 16.2. The van der Waals surface area contributed by atoms with E-state index in [2.05, 4.69) is 20.0 Å². The van der Waals surface area contributed by atoms with Crippen molar-refractivity contribution in [1.29, 1.82) is 0 Å². The fraction of sp³-hybridized carbons (Fsp3) is 0.412. The summed E-state index contributed by atoms with van der Waals surface area (Å²) in [7, 11) is 1.49. The second kappa shape index (κ2) is 7.37. The van der Waals surface area contributed by atoms with Crippen LogP contribution in [0.1, 0.15) is 12.0 Å². The summed E-state index contributed by atoms with van der Waals surface area (Å²) < 4.78 is 19.3. The van der Waals surface area contributed by atoms with Gasteiger partial charge >= 0.3 is 0 Å². The van der Waals surface area contributed by atoms with Crippen LogP contribution in [0.5, 0.6) is 5.75 Å². The highest BCUT2D eigenvalue weighted by atomic mass is 19.1. The van der Waals surface area contributed by atoms with E-state index in [0.29, 0.717) is 17.9 Å². The smallest absolute Gasteiger partial charge is 0.169 e. The largest absolute Gasteiger partial charge is 0.494 e. The molecule has 0 saturated carbocycles. The molecule has 0 atom stereocenters. The summed E-state index contributed by atoms with van der Waals surface area (Å²) in [6.07, 6.45) is 2.70. The highest BCUT2D eigenvalue weighted by Crippen LogP contribution is 2.22. The molecule has 122 valence electrons. The van der Waals surface area contributed by atoms with Crippen molar-refractivity contribution in [2.75, 3.05) is 38.2 Å². The summed E-state index contributed by atoms with van der Waals surface area (Å²) in [5.41, 5.74) is 0.678. The van der Waals surface area contributed by atoms with E-state index in [9.17, 15) is 4.39 Å². The van der Waals surface area contributed by atoms with Gasteiger partial charge in [0.2, 0.25) is 0 Å². The second-order valence-corrected chi connectivity index (χ2v) is 5.63. The highest BCUT2D eigenvalue weighted by molar-refractivity contribution is 5.36. The summed E-state index contributed by atoms with van der Waals surface area (Å²) in [5, 5.41) is 8.11. The van der Waals surface area contributed by atoms with Crippen LogP contribution in [-0.2, 0) is 6.54 Å². The number of halogens is 1. The molecule has 6 heteroatoms. The molecular formula is C17H21FN4O. The van der Waals surface area contributed by atoms with E-state index in [1.54, 1.807) is 12.3 Å². The van der Waals surface area contributed by atoms with Gasteiger partial charge in [-0.15, -0.1) is 5.10 Å². The molecule has 1 aliphatic rings. The van der Waals surface area contributed by atoms with Gasteiger partial charge in [0.05, 0.1) is 7.11 Å². The zero-order valence-corrected chi connectivity index (χ0v) is 13.3. The van der Waals surface area contributed by atoms with Crippen LogP contribution in [-0.4, -0.2) is 48.4 Å². The Labute approximate surface area is 135 Å². The Kier molecular flexibility index (Phi) is 5.02. The van der Waals surface area contributed by atoms with Gasteiger partial charge in [-0.05, 0) is 24.6 Å². The Balaban J connectivity index is 1.65. The molecule has 1 aliphatic heterocycles. The van der Waals surface area contributed by atoms with Crippen molar-refractivity contribution in [2.45, 2.75) is 13.0 Å². The minimum absolute atomic E-state index is 0.259. The molecule has 1 fully saturated rings. The number of ether oxygens (including phenoxy) is 1. The van der Waals surface area contributed by atoms with Crippen molar-refractivity contribution in [2.24, 2.45) is 0 Å². The summed E-state index contributed by atoms with van der Waals surface area (Å²) in [4.78, 5) is 4.50. The quantitative estimate of drug-likeness (QED) is 0.866. The lowest BCUT2D eigenvalue weighted by atomic mass is 10.2. The van der Waals surface area contributed by atoms with Crippen LogP contribution in [0.2, 0.25) is 0 Å². The van der Waals surface area contributed by atoms with Gasteiger partial charge in [-0.1, -0.05) is 12.1 Å². The van der Waals surface area contributed by atoms with E-state index >= 15 is 0 Å². The minimum atomic E-state index is -0.259. The van der Waals surface area contributed by atoms with Gasteiger partial charge < -0.3 is 9.64 Å². The van der Waals surface area contributed by atoms with Gasteiger partial charge in [-0.3, -0.25) is 4.90 Å². The molecule has 0 radical (unpaired) electrons. The molecule has 0 unspecified atom stereocenters. The molecular weight excluding hydrogens is 295 g/mol. The fourth-order valence-electron chi connectivity index (χ4n) is 2.90. The van der Waals surface area contributed by atoms with Crippen molar-refractivity contribution in [3.05, 3.63) is 47.9 Å². The Morgan fingerprint density at radius 1 is 1.13 bits per heavy atom. The lowest BCUT2D eigenvalue weighted by molar-refractivity contribution is 0.279. The first kappa shape index (κ1) is 15.7. The number of hydrogen-bond acceptors (Lipinski definition) is 5. The van der Waals surface area contributed by atoms with Crippen molar-refractivity contribution >= 4 is 5.82 Å². The standard InChI is InChI=1S/C17H21FN4O/c1-23-15-6-2-5-14(17(15)18)13-21-9-4-10-22(12-11-21)16-7-3-8-19-20-16/h2-3,5-8H,4,9-13H2,1H3. The molecule has 1 aromatic carbocycles. The number of nitrogens with zero attached hydrogens (tertiary/aromatic N) is 4. The van der Waals surface area contributed by atoms with Gasteiger partial charge in [0, 0.05) is 44.5 Å². The lowest BCUT2D eigenvalue weighted by Gasteiger charge is -2.22. The van der Waals surface area contributed by atoms with Crippen molar-refractivity contribution in [3.8, 4) is 5.75 Å². The van der Waals surface area contributed by atoms with Crippen molar-refractivity contribution < 1.29 is 9.13 Å². The van der Waals surface area contributed by atoms with Crippen LogP contribution in [0.15, 0.2) is 36.5 Å². The number of benzene rings is 1. The SMILES string of the molecule is COc1cccc(CN2CCCN(c3cccnn3)CC2)c1F. The number of aromatic nitrogens is 2. The molecule has 0 aliphatic carbocycles. The third-order valence-electron chi connectivity index (χ3n) is 4.13. The van der Waals surface area contributed by atoms with Crippen LogP contribution >= 0.6 is 0 Å². The van der Waals surface area contributed by atoms with E-state index < -0.39 is 0 Å². The van der Waals surface area contributed by atoms with Gasteiger partial charge in [-0.25, -0.2) is 4.39 Å². The molecule has 0 spiro atoms. The first-order valence-electron chi connectivity index (χ1n) is 7.84. The topological polar surface area (TPSA) is 41.5 Å². The Morgan fingerprint density at radius 3 is 2.83 bits per heavy atom. The van der Waals surface area contributed by atoms with Crippen LogP contribution < -0.4 is 9.64 Å². The van der Waals surface area contributed by atoms with Gasteiger partial charge in [0.1, 0.15) is 0 Å². The number of rotatable bonds is 4. The lowest BCUT2D eigenvalue weighted by Crippen LogP contribution is -2.31. The zero-order valence-electron chi connectivity index (χ0n) is 13.3. The number of methoxy groups -OCH3 is 1. The van der Waals surface area contributed by atoms with Crippen molar-refractivity contribution in [1.82, 2.24) is 15.1 Å². The van der Waals surface area contributed by atoms with E-state index in [1.807, 2.05) is 24.3 Å². The molecule has 2 aromatic rings. The Hall–Kier alpha value is -2.21. The summed E-state index contributed by atoms with van der Waals surface area (Å²) in [5.74, 6) is 0.949. The summed E-state index contributed by atoms with van der Waals surface area (Å²) in [6, 6.07) is 9.18. The van der Waals surface area contributed by atoms with Crippen molar-refractivity contribution in [3.63, 3.8) is 0 Å². The zero-order chi connectivity index (χ0) is 16.1. The highest BCUT2D eigenvalue weighted by Gasteiger charge is 2.18. The third kappa shape index (κ3) is 3.76.